The van der Waals surface area contributed by atoms with Gasteiger partial charge in [0, 0.05) is 6.04 Å². The second-order valence-electron chi connectivity index (χ2n) is 7.18. The van der Waals surface area contributed by atoms with Gasteiger partial charge in [0.05, 0.1) is 17.4 Å². The highest BCUT2D eigenvalue weighted by atomic mass is 15.4. The molecule has 0 spiro atoms. The molecule has 4 rings (SSSR count). The van der Waals surface area contributed by atoms with Crippen LogP contribution in [0.4, 0.5) is 11.4 Å². The Bertz CT molecular complexity index is 679. The number of fused-ring (bicyclic) bond motifs is 1. The van der Waals surface area contributed by atoms with Crippen LogP contribution < -0.4 is 15.1 Å². The SMILES string of the molecule is CNCC[C@H](c1ccccc1)N1[CH]N(C2CCCC2)c2ccccc21. The first-order valence-electron chi connectivity index (χ1n) is 9.59. The third-order valence-corrected chi connectivity index (χ3v) is 5.59. The van der Waals surface area contributed by atoms with E-state index >= 15 is 0 Å². The van der Waals surface area contributed by atoms with E-state index in [2.05, 4.69) is 76.4 Å². The summed E-state index contributed by atoms with van der Waals surface area (Å²) in [5.41, 5.74) is 4.11. The van der Waals surface area contributed by atoms with Gasteiger partial charge in [-0.2, -0.15) is 0 Å². The van der Waals surface area contributed by atoms with Crippen molar-refractivity contribution < 1.29 is 0 Å². The van der Waals surface area contributed by atoms with Crippen LogP contribution in [0.5, 0.6) is 0 Å². The largest absolute Gasteiger partial charge is 0.343 e. The summed E-state index contributed by atoms with van der Waals surface area (Å²) < 4.78 is 0. The standard InChI is InChI=1S/C22H28N3/c1-23-16-15-20(18-9-3-2-4-10-18)25-17-24(19-11-5-6-12-19)21-13-7-8-14-22(21)25/h2-4,7-10,13-14,17,19-20,23H,5-6,11-12,15-16H2,1H3/t20-/m1/s1. The van der Waals surface area contributed by atoms with Crippen LogP contribution in [0.1, 0.15) is 43.7 Å². The Morgan fingerprint density at radius 3 is 2.36 bits per heavy atom. The van der Waals surface area contributed by atoms with Crippen molar-refractivity contribution in [3.63, 3.8) is 0 Å². The highest BCUT2D eigenvalue weighted by Crippen LogP contribution is 2.46. The minimum absolute atomic E-state index is 0.362. The number of rotatable bonds is 6. The van der Waals surface area contributed by atoms with Gasteiger partial charge in [-0.15, -0.1) is 0 Å². The highest BCUT2D eigenvalue weighted by molar-refractivity contribution is 5.79. The minimum Gasteiger partial charge on any atom is -0.343 e. The lowest BCUT2D eigenvalue weighted by Gasteiger charge is -2.32. The highest BCUT2D eigenvalue weighted by Gasteiger charge is 2.36. The van der Waals surface area contributed by atoms with E-state index < -0.39 is 0 Å². The molecule has 3 nitrogen and oxygen atoms in total. The molecule has 1 fully saturated rings. The van der Waals surface area contributed by atoms with Gasteiger partial charge >= 0.3 is 0 Å². The van der Waals surface area contributed by atoms with Crippen molar-refractivity contribution in [1.29, 1.82) is 0 Å². The van der Waals surface area contributed by atoms with E-state index in [9.17, 15) is 0 Å². The van der Waals surface area contributed by atoms with Gasteiger partial charge in [0.1, 0.15) is 6.67 Å². The van der Waals surface area contributed by atoms with Gasteiger partial charge < -0.3 is 15.1 Å². The van der Waals surface area contributed by atoms with Gasteiger partial charge in [-0.05, 0) is 50.6 Å². The fourth-order valence-corrected chi connectivity index (χ4v) is 4.30. The molecule has 0 unspecified atom stereocenters. The predicted octanol–water partition coefficient (Wildman–Crippen LogP) is 4.73. The van der Waals surface area contributed by atoms with Gasteiger partial charge in [-0.25, -0.2) is 0 Å². The van der Waals surface area contributed by atoms with Crippen molar-refractivity contribution in [2.75, 3.05) is 23.4 Å². The molecule has 2 aromatic carbocycles. The Labute approximate surface area is 151 Å². The first-order valence-corrected chi connectivity index (χ1v) is 9.59. The Morgan fingerprint density at radius 1 is 0.960 bits per heavy atom. The molecule has 3 heteroatoms. The molecule has 0 amide bonds. The molecule has 0 bridgehead atoms. The third-order valence-electron chi connectivity index (χ3n) is 5.59. The van der Waals surface area contributed by atoms with Gasteiger partial charge in [-0.1, -0.05) is 55.3 Å². The maximum atomic E-state index is 3.33. The lowest BCUT2D eigenvalue weighted by atomic mass is 10.0. The van der Waals surface area contributed by atoms with E-state index in [1.165, 1.54) is 42.6 Å². The molecule has 2 aromatic rings. The van der Waals surface area contributed by atoms with Gasteiger partial charge in [-0.3, -0.25) is 0 Å². The summed E-state index contributed by atoms with van der Waals surface area (Å²) in [6, 6.07) is 20.8. The fraction of sp³-hybridized carbons (Fsp3) is 0.409. The van der Waals surface area contributed by atoms with Crippen LogP contribution >= 0.6 is 0 Å². The topological polar surface area (TPSA) is 18.5 Å². The Hall–Kier alpha value is -2.00. The molecule has 1 heterocycles. The fourth-order valence-electron chi connectivity index (χ4n) is 4.30. The van der Waals surface area contributed by atoms with E-state index in [0.717, 1.165) is 13.0 Å². The lowest BCUT2D eigenvalue weighted by molar-refractivity contribution is 0.571. The van der Waals surface area contributed by atoms with Crippen molar-refractivity contribution in [2.45, 2.75) is 44.2 Å². The average molecular weight is 334 g/mol. The minimum atomic E-state index is 0.362. The molecular weight excluding hydrogens is 306 g/mol. The van der Waals surface area contributed by atoms with E-state index in [-0.39, 0.29) is 0 Å². The zero-order valence-corrected chi connectivity index (χ0v) is 15.1. The smallest absolute Gasteiger partial charge is 0.143 e. The lowest BCUT2D eigenvalue weighted by Crippen LogP contribution is -2.35. The molecule has 25 heavy (non-hydrogen) atoms. The average Bonchev–Trinajstić information content (AvgIpc) is 3.31. The summed E-state index contributed by atoms with van der Waals surface area (Å²) in [6.45, 7) is 3.39. The van der Waals surface area contributed by atoms with E-state index in [1.807, 2.05) is 7.05 Å². The van der Waals surface area contributed by atoms with Crippen LogP contribution in [-0.4, -0.2) is 19.6 Å². The van der Waals surface area contributed by atoms with Gasteiger partial charge in [0.2, 0.25) is 0 Å². The van der Waals surface area contributed by atoms with E-state index in [1.54, 1.807) is 0 Å². The van der Waals surface area contributed by atoms with Crippen LogP contribution in [0, 0.1) is 6.67 Å². The van der Waals surface area contributed by atoms with Crippen LogP contribution in [0.25, 0.3) is 0 Å². The molecule has 1 N–H and O–H groups in total. The molecule has 1 radical (unpaired) electrons. The molecule has 0 aromatic heterocycles. The Morgan fingerprint density at radius 2 is 1.64 bits per heavy atom. The molecule has 1 atom stereocenters. The number of benzene rings is 2. The van der Waals surface area contributed by atoms with Crippen LogP contribution in [0.3, 0.4) is 0 Å². The number of anilines is 2. The maximum Gasteiger partial charge on any atom is 0.143 e. The zero-order valence-electron chi connectivity index (χ0n) is 15.1. The van der Waals surface area contributed by atoms with Crippen molar-refractivity contribution in [3.8, 4) is 0 Å². The normalized spacial score (nSPS) is 18.6. The first kappa shape index (κ1) is 16.5. The second-order valence-corrected chi connectivity index (χ2v) is 7.18. The molecule has 1 aliphatic heterocycles. The Kier molecular flexibility index (Phi) is 4.93. The van der Waals surface area contributed by atoms with Crippen LogP contribution in [0.15, 0.2) is 54.6 Å². The summed E-state index contributed by atoms with van der Waals surface area (Å²) in [6.07, 6.45) is 6.43. The van der Waals surface area contributed by atoms with Crippen LogP contribution in [-0.2, 0) is 0 Å². The first-order chi connectivity index (χ1) is 12.4. The molecule has 131 valence electrons. The number of para-hydroxylation sites is 2. The molecule has 1 aliphatic carbocycles. The predicted molar refractivity (Wildman–Crippen MR) is 106 cm³/mol. The van der Waals surface area contributed by atoms with Crippen molar-refractivity contribution in [1.82, 2.24) is 5.32 Å². The summed E-state index contributed by atoms with van der Waals surface area (Å²) >= 11 is 0. The van der Waals surface area contributed by atoms with Crippen molar-refractivity contribution in [2.24, 2.45) is 0 Å². The summed E-state index contributed by atoms with van der Waals surface area (Å²) in [4.78, 5) is 5.04. The van der Waals surface area contributed by atoms with Gasteiger partial charge in [0.15, 0.2) is 0 Å². The zero-order chi connectivity index (χ0) is 17.1. The van der Waals surface area contributed by atoms with Gasteiger partial charge in [0.25, 0.3) is 0 Å². The summed E-state index contributed by atoms with van der Waals surface area (Å²) in [5, 5.41) is 3.33. The van der Waals surface area contributed by atoms with E-state index in [4.69, 9.17) is 0 Å². The summed E-state index contributed by atoms with van der Waals surface area (Å²) in [5.74, 6) is 0. The van der Waals surface area contributed by atoms with Crippen molar-refractivity contribution >= 4 is 11.4 Å². The maximum absolute atomic E-state index is 3.33. The molecule has 2 aliphatic rings. The quantitative estimate of drug-likeness (QED) is 0.824. The van der Waals surface area contributed by atoms with E-state index in [0.29, 0.717) is 12.1 Å². The van der Waals surface area contributed by atoms with Crippen molar-refractivity contribution in [3.05, 3.63) is 66.8 Å². The number of nitrogens with zero attached hydrogens (tertiary/aromatic N) is 2. The Balaban J connectivity index is 1.67. The molecule has 1 saturated carbocycles. The van der Waals surface area contributed by atoms with Crippen LogP contribution in [0.2, 0.25) is 0 Å². The number of nitrogens with one attached hydrogen (secondary N) is 1. The number of hydrogen-bond acceptors (Lipinski definition) is 3. The monoisotopic (exact) mass is 334 g/mol. The molecule has 0 saturated heterocycles. The summed E-state index contributed by atoms with van der Waals surface area (Å²) in [7, 11) is 2.04. The second kappa shape index (κ2) is 7.49. The third kappa shape index (κ3) is 3.25. The number of hydrogen-bond donors (Lipinski definition) is 1. The molecular formula is C22H28N3.